The summed E-state index contributed by atoms with van der Waals surface area (Å²) in [5.41, 5.74) is 1.46. The molecule has 1 aliphatic carbocycles. The number of carbonyl (C=O) groups is 4. The van der Waals surface area contributed by atoms with Crippen LogP contribution in [0.2, 0.25) is 0 Å². The van der Waals surface area contributed by atoms with Crippen molar-refractivity contribution in [3.63, 3.8) is 0 Å². The Labute approximate surface area is 200 Å². The first kappa shape index (κ1) is 25.3. The molecule has 0 aliphatic heterocycles. The monoisotopic (exact) mass is 466 g/mol. The third kappa shape index (κ3) is 5.95. The van der Waals surface area contributed by atoms with E-state index in [4.69, 9.17) is 0 Å². The van der Waals surface area contributed by atoms with Gasteiger partial charge in [0.1, 0.15) is 0 Å². The highest BCUT2D eigenvalue weighted by Gasteiger charge is 2.34. The SMILES string of the molecule is C[N+](C)(C)CCC(=O)Nc1cccc2c1C(=O)c1cccc(NC(=O)CC[N+](C)(C)C)c1C2=O. The van der Waals surface area contributed by atoms with E-state index in [-0.39, 0.29) is 58.5 Å². The number of ketones is 2. The van der Waals surface area contributed by atoms with Gasteiger partial charge in [-0.05, 0) is 12.1 Å². The first-order valence-electron chi connectivity index (χ1n) is 11.3. The first-order chi connectivity index (χ1) is 15.8. The minimum atomic E-state index is -0.352. The number of nitrogens with one attached hydrogen (secondary N) is 2. The van der Waals surface area contributed by atoms with Crippen molar-refractivity contribution >= 4 is 34.8 Å². The molecule has 8 heteroatoms. The van der Waals surface area contributed by atoms with Gasteiger partial charge in [0.15, 0.2) is 11.6 Å². The molecule has 0 unspecified atom stereocenters. The second-order valence-electron chi connectivity index (χ2n) is 10.7. The molecule has 2 N–H and O–H groups in total. The number of hydrogen-bond donors (Lipinski definition) is 2. The van der Waals surface area contributed by atoms with Crippen LogP contribution in [0.15, 0.2) is 36.4 Å². The molecular weight excluding hydrogens is 432 g/mol. The van der Waals surface area contributed by atoms with E-state index in [0.29, 0.717) is 33.4 Å². The molecular formula is C26H34N4O4+2. The van der Waals surface area contributed by atoms with Gasteiger partial charge in [0.25, 0.3) is 0 Å². The first-order valence-corrected chi connectivity index (χ1v) is 11.3. The van der Waals surface area contributed by atoms with Crippen LogP contribution < -0.4 is 10.6 Å². The van der Waals surface area contributed by atoms with Crippen molar-refractivity contribution in [2.24, 2.45) is 0 Å². The molecule has 0 spiro atoms. The maximum atomic E-state index is 13.4. The quantitative estimate of drug-likeness (QED) is 0.499. The van der Waals surface area contributed by atoms with Crippen LogP contribution in [-0.2, 0) is 9.59 Å². The number of amides is 2. The van der Waals surface area contributed by atoms with E-state index >= 15 is 0 Å². The maximum absolute atomic E-state index is 13.4. The van der Waals surface area contributed by atoms with Crippen LogP contribution in [0, 0.1) is 0 Å². The van der Waals surface area contributed by atoms with Crippen molar-refractivity contribution in [1.82, 2.24) is 0 Å². The molecule has 34 heavy (non-hydrogen) atoms. The lowest BCUT2D eigenvalue weighted by Gasteiger charge is -2.25. The normalized spacial score (nSPS) is 13.2. The third-order valence-corrected chi connectivity index (χ3v) is 5.64. The van der Waals surface area contributed by atoms with E-state index < -0.39 is 0 Å². The van der Waals surface area contributed by atoms with Crippen molar-refractivity contribution in [3.05, 3.63) is 58.7 Å². The second-order valence-corrected chi connectivity index (χ2v) is 10.7. The van der Waals surface area contributed by atoms with E-state index in [2.05, 4.69) is 10.6 Å². The Morgan fingerprint density at radius 3 is 1.32 bits per heavy atom. The lowest BCUT2D eigenvalue weighted by molar-refractivity contribution is -0.869. The molecule has 2 amide bonds. The predicted octanol–water partition coefficient (Wildman–Crippen LogP) is 2.53. The fourth-order valence-corrected chi connectivity index (χ4v) is 3.75. The number of quaternary nitrogens is 2. The van der Waals surface area contributed by atoms with Gasteiger partial charge in [-0.3, -0.25) is 19.2 Å². The molecule has 180 valence electrons. The number of rotatable bonds is 8. The Balaban J connectivity index is 1.89. The standard InChI is InChI=1S/C26H32N4O4/c1-29(2,3)15-13-21(31)27-19-11-7-9-17-23(19)25(33)18-10-8-12-20(24(18)26(17)34)28-22(32)14-16-30(4,5)6/h7-12H,13-16H2,1-6H3/p+2. The van der Waals surface area contributed by atoms with Gasteiger partial charge in [0, 0.05) is 11.1 Å². The van der Waals surface area contributed by atoms with Gasteiger partial charge in [0.05, 0.1) is 90.7 Å². The lowest BCUT2D eigenvalue weighted by Crippen LogP contribution is -2.37. The lowest BCUT2D eigenvalue weighted by atomic mass is 9.82. The van der Waals surface area contributed by atoms with Gasteiger partial charge >= 0.3 is 0 Å². The van der Waals surface area contributed by atoms with Crippen LogP contribution in [0.1, 0.15) is 44.7 Å². The van der Waals surface area contributed by atoms with E-state index in [1.165, 1.54) is 0 Å². The van der Waals surface area contributed by atoms with Gasteiger partial charge < -0.3 is 19.6 Å². The van der Waals surface area contributed by atoms with Gasteiger partial charge in [-0.2, -0.15) is 0 Å². The zero-order valence-electron chi connectivity index (χ0n) is 20.8. The molecule has 0 atom stereocenters. The molecule has 0 heterocycles. The van der Waals surface area contributed by atoms with Gasteiger partial charge in [-0.1, -0.05) is 24.3 Å². The molecule has 0 saturated heterocycles. The molecule has 3 rings (SSSR count). The fourth-order valence-electron chi connectivity index (χ4n) is 3.75. The molecule has 0 bridgehead atoms. The highest BCUT2D eigenvalue weighted by atomic mass is 16.2. The van der Waals surface area contributed by atoms with Crippen LogP contribution >= 0.6 is 0 Å². The molecule has 1 aliphatic rings. The zero-order chi connectivity index (χ0) is 25.3. The summed E-state index contributed by atoms with van der Waals surface area (Å²) in [6.07, 6.45) is 0.574. The third-order valence-electron chi connectivity index (χ3n) is 5.64. The van der Waals surface area contributed by atoms with E-state index in [9.17, 15) is 19.2 Å². The van der Waals surface area contributed by atoms with Crippen molar-refractivity contribution in [2.75, 3.05) is 66.0 Å². The molecule has 8 nitrogen and oxygen atoms in total. The molecule has 2 aromatic rings. The molecule has 0 aromatic heterocycles. The predicted molar refractivity (Wildman–Crippen MR) is 132 cm³/mol. The Morgan fingerprint density at radius 1 is 0.647 bits per heavy atom. The smallest absolute Gasteiger partial charge is 0.230 e. The van der Waals surface area contributed by atoms with Crippen LogP contribution in [0.3, 0.4) is 0 Å². The highest BCUT2D eigenvalue weighted by molar-refractivity contribution is 6.32. The molecule has 0 fully saturated rings. The van der Waals surface area contributed by atoms with Gasteiger partial charge in [0.2, 0.25) is 11.8 Å². The average Bonchev–Trinajstić information content (AvgIpc) is 2.73. The summed E-state index contributed by atoms with van der Waals surface area (Å²) in [7, 11) is 12.0. The average molecular weight is 467 g/mol. The Kier molecular flexibility index (Phi) is 7.05. The minimum absolute atomic E-state index is 0.187. The van der Waals surface area contributed by atoms with E-state index in [1.54, 1.807) is 36.4 Å². The Bertz CT molecular complexity index is 1060. The summed E-state index contributed by atoms with van der Waals surface area (Å²) in [4.78, 5) is 51.9. The van der Waals surface area contributed by atoms with Crippen LogP contribution in [0.5, 0.6) is 0 Å². The summed E-state index contributed by atoms with van der Waals surface area (Å²) in [6, 6.07) is 9.72. The van der Waals surface area contributed by atoms with E-state index in [1.807, 2.05) is 42.3 Å². The summed E-state index contributed by atoms with van der Waals surface area (Å²) in [5, 5.41) is 5.62. The zero-order valence-corrected chi connectivity index (χ0v) is 20.8. The van der Waals surface area contributed by atoms with Crippen molar-refractivity contribution in [1.29, 1.82) is 0 Å². The Morgan fingerprint density at radius 2 is 1.00 bits per heavy atom. The summed E-state index contributed by atoms with van der Waals surface area (Å²) < 4.78 is 1.27. The van der Waals surface area contributed by atoms with Crippen LogP contribution in [-0.4, -0.2) is 87.7 Å². The van der Waals surface area contributed by atoms with Crippen LogP contribution in [0.4, 0.5) is 11.4 Å². The van der Waals surface area contributed by atoms with Crippen molar-refractivity contribution in [3.8, 4) is 0 Å². The number of nitrogens with zero attached hydrogens (tertiary/aromatic N) is 2. The van der Waals surface area contributed by atoms with Gasteiger partial charge in [-0.15, -0.1) is 0 Å². The van der Waals surface area contributed by atoms with Crippen molar-refractivity contribution in [2.45, 2.75) is 12.8 Å². The number of hydrogen-bond acceptors (Lipinski definition) is 4. The molecule has 0 saturated carbocycles. The topological polar surface area (TPSA) is 92.3 Å². The highest BCUT2D eigenvalue weighted by Crippen LogP contribution is 2.35. The fraction of sp³-hybridized carbons (Fsp3) is 0.385. The number of benzene rings is 2. The summed E-state index contributed by atoms with van der Waals surface area (Å²) in [6.45, 7) is 1.27. The largest absolute Gasteiger partial charge is 0.330 e. The number of anilines is 2. The second kappa shape index (κ2) is 9.48. The summed E-state index contributed by atoms with van der Waals surface area (Å²) in [5.74, 6) is -1.14. The minimum Gasteiger partial charge on any atom is -0.330 e. The van der Waals surface area contributed by atoms with Gasteiger partial charge in [-0.25, -0.2) is 0 Å². The maximum Gasteiger partial charge on any atom is 0.230 e. The van der Waals surface area contributed by atoms with Crippen LogP contribution in [0.25, 0.3) is 0 Å². The Hall–Kier alpha value is -3.36. The van der Waals surface area contributed by atoms with Crippen molar-refractivity contribution < 1.29 is 28.1 Å². The number of fused-ring (bicyclic) bond motifs is 2. The van der Waals surface area contributed by atoms with E-state index in [0.717, 1.165) is 0 Å². The molecule has 0 radical (unpaired) electrons. The molecule has 2 aromatic carbocycles. The number of carbonyl (C=O) groups excluding carboxylic acids is 4. The summed E-state index contributed by atoms with van der Waals surface area (Å²) >= 11 is 0.